The molecule has 404 valence electrons. The molecule has 0 aromatic rings. The van der Waals surface area contributed by atoms with Crippen LogP contribution in [0.4, 0.5) is 0 Å². The molecule has 0 saturated heterocycles. The Hall–Kier alpha value is -3.08. The van der Waals surface area contributed by atoms with Crippen molar-refractivity contribution in [2.75, 3.05) is 26.4 Å². The van der Waals surface area contributed by atoms with Gasteiger partial charge in [0.15, 0.2) is 6.10 Å². The normalized spacial score (nSPS) is 14.0. The van der Waals surface area contributed by atoms with Crippen LogP contribution in [-0.4, -0.2) is 66.5 Å². The Morgan fingerprint density at radius 1 is 0.429 bits per heavy atom. The largest absolute Gasteiger partial charge is 0.472 e. The van der Waals surface area contributed by atoms with E-state index >= 15 is 0 Å². The first-order valence-electron chi connectivity index (χ1n) is 27.8. The van der Waals surface area contributed by atoms with Gasteiger partial charge < -0.3 is 24.2 Å². The lowest BCUT2D eigenvalue weighted by Crippen LogP contribution is -2.30. The first-order valence-corrected chi connectivity index (χ1v) is 29.3. The fourth-order valence-electron chi connectivity index (χ4n) is 7.43. The van der Waals surface area contributed by atoms with Crippen LogP contribution in [0, 0.1) is 0 Å². The molecule has 70 heavy (non-hydrogen) atoms. The lowest BCUT2D eigenvalue weighted by Gasteiger charge is -2.21. The van der Waals surface area contributed by atoms with Crippen molar-refractivity contribution in [3.05, 3.63) is 72.9 Å². The van der Waals surface area contributed by atoms with Gasteiger partial charge in [-0.1, -0.05) is 222 Å². The SMILES string of the molecule is CC/C=C\C/C=C\C/C=C\C/C=C\C/C=C\CC(=O)OC(COC(=O)CCCCCCCCCCCCCCC)COP(=O)(O)OCC(CO)OC(=O)CCCCCCC/C=C\CCCCCCCC. The number of aliphatic hydroxyl groups excluding tert-OH is 1. The summed E-state index contributed by atoms with van der Waals surface area (Å²) in [5.41, 5.74) is 0. The minimum atomic E-state index is -4.77. The van der Waals surface area contributed by atoms with E-state index in [-0.39, 0.29) is 25.9 Å². The summed E-state index contributed by atoms with van der Waals surface area (Å²) in [6.07, 6.45) is 57.5. The van der Waals surface area contributed by atoms with Crippen molar-refractivity contribution < 1.29 is 52.2 Å². The molecule has 0 spiro atoms. The van der Waals surface area contributed by atoms with Crippen molar-refractivity contribution in [3.63, 3.8) is 0 Å². The van der Waals surface area contributed by atoms with Crippen LogP contribution in [0.15, 0.2) is 72.9 Å². The van der Waals surface area contributed by atoms with Gasteiger partial charge >= 0.3 is 25.7 Å². The highest BCUT2D eigenvalue weighted by Crippen LogP contribution is 2.43. The van der Waals surface area contributed by atoms with Crippen LogP contribution in [0.25, 0.3) is 0 Å². The Morgan fingerprint density at radius 3 is 1.24 bits per heavy atom. The van der Waals surface area contributed by atoms with Crippen molar-refractivity contribution >= 4 is 25.7 Å². The van der Waals surface area contributed by atoms with Crippen molar-refractivity contribution in [2.24, 2.45) is 0 Å². The summed E-state index contributed by atoms with van der Waals surface area (Å²) < 4.78 is 39.3. The third-order valence-corrected chi connectivity index (χ3v) is 12.6. The summed E-state index contributed by atoms with van der Waals surface area (Å²) in [4.78, 5) is 48.4. The second-order valence-electron chi connectivity index (χ2n) is 18.4. The Bertz CT molecular complexity index is 1450. The van der Waals surface area contributed by atoms with Crippen molar-refractivity contribution in [2.45, 2.75) is 251 Å². The number of ether oxygens (including phenoxy) is 3. The molecular weight excluding hydrogens is 904 g/mol. The quantitative estimate of drug-likeness (QED) is 0.0197. The van der Waals surface area contributed by atoms with Gasteiger partial charge in [0.05, 0.1) is 26.2 Å². The standard InChI is InChI=1S/C58H101O11P/c1-4-7-10-13-16-19-22-25-27-30-33-36-39-42-45-48-57(61)68-54(50-59)52-66-70(63,64)67-53-55(51-65-56(60)47-44-41-38-35-32-29-24-21-18-15-12-9-6-3)69-58(62)49-46-43-40-37-34-31-28-26-23-20-17-14-11-8-5-2/h8,11,17,20,25-28,34,37,43,46,54-55,59H,4-7,9-10,12-16,18-19,21-24,29-33,35-36,38-42,44-45,47-53H2,1-3H3,(H,63,64)/b11-8-,20-17-,27-25-,28-26-,37-34-,46-43-. The molecule has 0 aliphatic carbocycles. The van der Waals surface area contributed by atoms with E-state index in [2.05, 4.69) is 75.5 Å². The highest BCUT2D eigenvalue weighted by molar-refractivity contribution is 7.47. The molecular formula is C58H101O11P. The van der Waals surface area contributed by atoms with Gasteiger partial charge in [-0.3, -0.25) is 23.4 Å². The molecule has 0 aromatic heterocycles. The Kier molecular flexibility index (Phi) is 50.0. The first kappa shape index (κ1) is 66.9. The molecule has 3 atom stereocenters. The Balaban J connectivity index is 4.82. The predicted molar refractivity (Wildman–Crippen MR) is 288 cm³/mol. The number of unbranched alkanes of at least 4 members (excludes halogenated alkanes) is 23. The highest BCUT2D eigenvalue weighted by atomic mass is 31.2. The molecule has 12 heteroatoms. The number of esters is 3. The number of carbonyl (C=O) groups is 3. The lowest BCUT2D eigenvalue weighted by molar-refractivity contribution is -0.160. The topological polar surface area (TPSA) is 155 Å². The second kappa shape index (κ2) is 52.2. The fourth-order valence-corrected chi connectivity index (χ4v) is 8.21. The molecule has 3 unspecified atom stereocenters. The number of carbonyl (C=O) groups excluding carboxylic acids is 3. The van der Waals surface area contributed by atoms with Crippen LogP contribution >= 0.6 is 7.82 Å². The fraction of sp³-hybridized carbons (Fsp3) is 0.741. The van der Waals surface area contributed by atoms with Crippen LogP contribution < -0.4 is 0 Å². The van der Waals surface area contributed by atoms with E-state index in [9.17, 15) is 28.9 Å². The minimum Gasteiger partial charge on any atom is -0.462 e. The van der Waals surface area contributed by atoms with Crippen LogP contribution in [0.2, 0.25) is 0 Å². The number of hydrogen-bond donors (Lipinski definition) is 2. The number of aliphatic hydroxyl groups is 1. The highest BCUT2D eigenvalue weighted by Gasteiger charge is 2.28. The van der Waals surface area contributed by atoms with Crippen LogP contribution in [0.1, 0.15) is 239 Å². The van der Waals surface area contributed by atoms with Crippen molar-refractivity contribution in [1.29, 1.82) is 0 Å². The molecule has 0 heterocycles. The van der Waals surface area contributed by atoms with Gasteiger partial charge in [0.25, 0.3) is 0 Å². The second-order valence-corrected chi connectivity index (χ2v) is 19.8. The molecule has 0 rings (SSSR count). The van der Waals surface area contributed by atoms with Gasteiger partial charge in [-0.15, -0.1) is 0 Å². The third kappa shape index (κ3) is 49.9. The average molecular weight is 1010 g/mol. The monoisotopic (exact) mass is 1000 g/mol. The van der Waals surface area contributed by atoms with E-state index in [1.807, 2.05) is 12.2 Å². The number of allylic oxidation sites excluding steroid dienone is 11. The Labute approximate surface area is 427 Å². The average Bonchev–Trinajstić information content (AvgIpc) is 3.35. The molecule has 0 aliphatic heterocycles. The smallest absolute Gasteiger partial charge is 0.462 e. The summed E-state index contributed by atoms with van der Waals surface area (Å²) in [5.74, 6) is -1.62. The van der Waals surface area contributed by atoms with Crippen LogP contribution in [-0.2, 0) is 42.2 Å². The van der Waals surface area contributed by atoms with Crippen molar-refractivity contribution in [3.8, 4) is 0 Å². The molecule has 0 saturated carbocycles. The molecule has 0 aliphatic rings. The molecule has 0 radical (unpaired) electrons. The van der Waals surface area contributed by atoms with E-state index in [0.29, 0.717) is 19.3 Å². The van der Waals surface area contributed by atoms with Gasteiger partial charge in [0.2, 0.25) is 0 Å². The van der Waals surface area contributed by atoms with Gasteiger partial charge in [0, 0.05) is 12.8 Å². The maximum absolute atomic E-state index is 12.9. The molecule has 11 nitrogen and oxygen atoms in total. The predicted octanol–water partition coefficient (Wildman–Crippen LogP) is 16.1. The molecule has 0 amide bonds. The van der Waals surface area contributed by atoms with E-state index in [1.165, 1.54) is 96.3 Å². The van der Waals surface area contributed by atoms with Gasteiger partial charge in [-0.05, 0) is 70.6 Å². The van der Waals surface area contributed by atoms with E-state index in [4.69, 9.17) is 23.3 Å². The van der Waals surface area contributed by atoms with Crippen LogP contribution in [0.5, 0.6) is 0 Å². The van der Waals surface area contributed by atoms with Crippen molar-refractivity contribution in [1.82, 2.24) is 0 Å². The molecule has 0 fully saturated rings. The maximum Gasteiger partial charge on any atom is 0.472 e. The summed E-state index contributed by atoms with van der Waals surface area (Å²) in [6.45, 7) is 4.41. The van der Waals surface area contributed by atoms with Gasteiger partial charge in [-0.25, -0.2) is 4.57 Å². The molecule has 2 N–H and O–H groups in total. The summed E-state index contributed by atoms with van der Waals surface area (Å²) >= 11 is 0. The van der Waals surface area contributed by atoms with E-state index in [1.54, 1.807) is 6.08 Å². The summed E-state index contributed by atoms with van der Waals surface area (Å²) in [6, 6.07) is 0. The zero-order chi connectivity index (χ0) is 51.3. The lowest BCUT2D eigenvalue weighted by atomic mass is 10.0. The Morgan fingerprint density at radius 2 is 0.800 bits per heavy atom. The zero-order valence-corrected chi connectivity index (χ0v) is 45.4. The molecule has 0 bridgehead atoms. The van der Waals surface area contributed by atoms with Gasteiger partial charge in [-0.2, -0.15) is 0 Å². The summed E-state index contributed by atoms with van der Waals surface area (Å²) in [5, 5.41) is 9.80. The first-order chi connectivity index (χ1) is 34.2. The van der Waals surface area contributed by atoms with Gasteiger partial charge in [0.1, 0.15) is 12.7 Å². The number of phosphoric acid groups is 1. The maximum atomic E-state index is 12.9. The number of hydrogen-bond acceptors (Lipinski definition) is 10. The van der Waals surface area contributed by atoms with E-state index < -0.39 is 57.8 Å². The third-order valence-electron chi connectivity index (χ3n) is 11.6. The number of phosphoric ester groups is 1. The van der Waals surface area contributed by atoms with Crippen LogP contribution in [0.3, 0.4) is 0 Å². The molecule has 0 aromatic carbocycles. The zero-order valence-electron chi connectivity index (χ0n) is 44.5. The van der Waals surface area contributed by atoms with E-state index in [0.717, 1.165) is 83.5 Å². The number of rotatable bonds is 51. The summed E-state index contributed by atoms with van der Waals surface area (Å²) in [7, 11) is -4.77. The minimum absolute atomic E-state index is 0.0647.